The molecule has 1 aromatic carbocycles. The van der Waals surface area contributed by atoms with Crippen LogP contribution in [0.3, 0.4) is 0 Å². The Morgan fingerprint density at radius 2 is 2.12 bits per heavy atom. The highest BCUT2D eigenvalue weighted by Crippen LogP contribution is 2.31. The number of benzene rings is 1. The predicted octanol–water partition coefficient (Wildman–Crippen LogP) is 4.14. The van der Waals surface area contributed by atoms with Crippen LogP contribution in [0.5, 0.6) is 0 Å². The third-order valence-corrected chi connectivity index (χ3v) is 4.03. The molecule has 0 spiro atoms. The van der Waals surface area contributed by atoms with E-state index >= 15 is 0 Å². The first kappa shape index (κ1) is 12.6. The van der Waals surface area contributed by atoms with Crippen LogP contribution < -0.4 is 5.32 Å². The summed E-state index contributed by atoms with van der Waals surface area (Å²) >= 11 is 7.84. The molecule has 17 heavy (non-hydrogen) atoms. The zero-order valence-corrected chi connectivity index (χ0v) is 11.7. The van der Waals surface area contributed by atoms with E-state index in [1.807, 2.05) is 19.2 Å². The highest BCUT2D eigenvalue weighted by molar-refractivity contribution is 7.13. The molecule has 0 amide bonds. The molecule has 1 heterocycles. The van der Waals surface area contributed by atoms with E-state index in [-0.39, 0.29) is 0 Å². The fourth-order valence-electron chi connectivity index (χ4n) is 1.78. The molecule has 0 saturated heterocycles. The first-order valence-electron chi connectivity index (χ1n) is 5.69. The van der Waals surface area contributed by atoms with Crippen molar-refractivity contribution in [3.05, 3.63) is 45.8 Å². The summed E-state index contributed by atoms with van der Waals surface area (Å²) in [6.45, 7) is 3.14. The zero-order chi connectivity index (χ0) is 12.3. The van der Waals surface area contributed by atoms with E-state index in [4.69, 9.17) is 11.6 Å². The second-order valence-electron chi connectivity index (χ2n) is 4.13. The number of likely N-dealkylation sites (N-methyl/N-ethyl adjacent to an activating group) is 1. The smallest absolute Gasteiger partial charge is 0.0412 e. The summed E-state index contributed by atoms with van der Waals surface area (Å²) < 4.78 is 0. The third-order valence-electron chi connectivity index (χ3n) is 2.78. The van der Waals surface area contributed by atoms with Gasteiger partial charge >= 0.3 is 0 Å². The van der Waals surface area contributed by atoms with Gasteiger partial charge < -0.3 is 5.32 Å². The van der Waals surface area contributed by atoms with E-state index in [2.05, 4.69) is 29.8 Å². The van der Waals surface area contributed by atoms with Crippen molar-refractivity contribution in [3.63, 3.8) is 0 Å². The monoisotopic (exact) mass is 265 g/mol. The zero-order valence-electron chi connectivity index (χ0n) is 10.1. The van der Waals surface area contributed by atoms with E-state index in [0.29, 0.717) is 0 Å². The maximum atomic E-state index is 6.05. The summed E-state index contributed by atoms with van der Waals surface area (Å²) in [7, 11) is 1.98. The van der Waals surface area contributed by atoms with Crippen LogP contribution >= 0.6 is 22.9 Å². The molecule has 0 unspecified atom stereocenters. The number of halogens is 1. The van der Waals surface area contributed by atoms with Crippen molar-refractivity contribution in [2.45, 2.75) is 13.3 Å². The van der Waals surface area contributed by atoms with Crippen LogP contribution in [0.15, 0.2) is 29.6 Å². The summed E-state index contributed by atoms with van der Waals surface area (Å²) in [5.74, 6) is 0. The van der Waals surface area contributed by atoms with Crippen molar-refractivity contribution < 1.29 is 0 Å². The van der Waals surface area contributed by atoms with Crippen LogP contribution in [0, 0.1) is 6.92 Å². The van der Waals surface area contributed by atoms with Crippen molar-refractivity contribution in [1.82, 2.24) is 5.32 Å². The first-order chi connectivity index (χ1) is 8.20. The van der Waals surface area contributed by atoms with Gasteiger partial charge in [0.15, 0.2) is 0 Å². The minimum Gasteiger partial charge on any atom is -0.319 e. The Kier molecular flexibility index (Phi) is 4.21. The number of hydrogen-bond acceptors (Lipinski definition) is 2. The molecule has 1 aromatic heterocycles. The maximum absolute atomic E-state index is 6.05. The molecule has 0 fully saturated rings. The second kappa shape index (κ2) is 5.67. The number of nitrogens with one attached hydrogen (secondary N) is 1. The van der Waals surface area contributed by atoms with Crippen LogP contribution in [0.2, 0.25) is 5.02 Å². The van der Waals surface area contributed by atoms with E-state index in [1.54, 1.807) is 11.3 Å². The summed E-state index contributed by atoms with van der Waals surface area (Å²) in [6.07, 6.45) is 1.08. The molecule has 0 radical (unpaired) electrons. The molecule has 3 heteroatoms. The lowest BCUT2D eigenvalue weighted by Crippen LogP contribution is -2.09. The highest BCUT2D eigenvalue weighted by atomic mass is 35.5. The average Bonchev–Trinajstić information content (AvgIpc) is 2.78. The average molecular weight is 266 g/mol. The molecular weight excluding hydrogens is 250 g/mol. The van der Waals surface area contributed by atoms with E-state index in [0.717, 1.165) is 18.0 Å². The van der Waals surface area contributed by atoms with Gasteiger partial charge in [-0.3, -0.25) is 0 Å². The Labute approximate surface area is 111 Å². The van der Waals surface area contributed by atoms with Crippen LogP contribution in [-0.2, 0) is 6.42 Å². The fourth-order valence-corrected chi connectivity index (χ4v) is 2.98. The van der Waals surface area contributed by atoms with Gasteiger partial charge in [-0.1, -0.05) is 17.7 Å². The van der Waals surface area contributed by atoms with Crippen LogP contribution in [0.1, 0.15) is 11.1 Å². The summed E-state index contributed by atoms with van der Waals surface area (Å²) in [5.41, 5.74) is 3.91. The summed E-state index contributed by atoms with van der Waals surface area (Å²) in [6, 6.07) is 8.33. The molecule has 1 N–H and O–H groups in total. The Bertz CT molecular complexity index is 505. The Morgan fingerprint density at radius 1 is 1.29 bits per heavy atom. The molecule has 2 aromatic rings. The quantitative estimate of drug-likeness (QED) is 0.876. The van der Waals surface area contributed by atoms with Crippen molar-refractivity contribution >= 4 is 22.9 Å². The summed E-state index contributed by atoms with van der Waals surface area (Å²) in [4.78, 5) is 1.30. The lowest BCUT2D eigenvalue weighted by atomic mass is 10.1. The van der Waals surface area contributed by atoms with Gasteiger partial charge in [0.2, 0.25) is 0 Å². The number of thiophene rings is 1. The molecule has 1 nitrogen and oxygen atoms in total. The Morgan fingerprint density at radius 3 is 2.88 bits per heavy atom. The van der Waals surface area contributed by atoms with Crippen molar-refractivity contribution in [1.29, 1.82) is 0 Å². The topological polar surface area (TPSA) is 12.0 Å². The van der Waals surface area contributed by atoms with Crippen molar-refractivity contribution in [2.24, 2.45) is 0 Å². The van der Waals surface area contributed by atoms with Gasteiger partial charge in [0, 0.05) is 9.90 Å². The minimum atomic E-state index is 0.802. The predicted molar refractivity (Wildman–Crippen MR) is 77.1 cm³/mol. The summed E-state index contributed by atoms with van der Waals surface area (Å²) in [5, 5.41) is 6.20. The van der Waals surface area contributed by atoms with Gasteiger partial charge in [-0.2, -0.15) is 0 Å². The van der Waals surface area contributed by atoms with Gasteiger partial charge in [0.25, 0.3) is 0 Å². The molecule has 0 atom stereocenters. The van der Waals surface area contributed by atoms with Crippen LogP contribution in [0.4, 0.5) is 0 Å². The first-order valence-corrected chi connectivity index (χ1v) is 6.95. The number of rotatable bonds is 4. The van der Waals surface area contributed by atoms with Crippen molar-refractivity contribution in [3.8, 4) is 10.4 Å². The second-order valence-corrected chi connectivity index (χ2v) is 5.48. The molecule has 0 aliphatic rings. The molecule has 90 valence electrons. The standard InChI is InChI=1S/C14H16ClNS/c1-10-3-4-12(15)8-13(10)14-7-11(9-17-14)5-6-16-2/h3-4,7-9,16H,5-6H2,1-2H3. The SMILES string of the molecule is CNCCc1csc(-c2cc(Cl)ccc2C)c1. The fraction of sp³-hybridized carbons (Fsp3) is 0.286. The van der Waals surface area contributed by atoms with Crippen molar-refractivity contribution in [2.75, 3.05) is 13.6 Å². The maximum Gasteiger partial charge on any atom is 0.0412 e. The van der Waals surface area contributed by atoms with Gasteiger partial charge in [0.1, 0.15) is 0 Å². The molecule has 0 saturated carbocycles. The van der Waals surface area contributed by atoms with Gasteiger partial charge in [0.05, 0.1) is 0 Å². The number of hydrogen-bond donors (Lipinski definition) is 1. The van der Waals surface area contributed by atoms with Crippen LogP contribution in [0.25, 0.3) is 10.4 Å². The largest absolute Gasteiger partial charge is 0.319 e. The molecule has 2 rings (SSSR count). The Balaban J connectivity index is 2.27. The lowest BCUT2D eigenvalue weighted by molar-refractivity contribution is 0.793. The van der Waals surface area contributed by atoms with E-state index in [9.17, 15) is 0 Å². The van der Waals surface area contributed by atoms with Gasteiger partial charge in [-0.15, -0.1) is 11.3 Å². The third kappa shape index (κ3) is 3.09. The normalized spacial score (nSPS) is 10.8. The molecule has 0 aliphatic heterocycles. The van der Waals surface area contributed by atoms with Crippen LogP contribution in [-0.4, -0.2) is 13.6 Å². The van der Waals surface area contributed by atoms with Gasteiger partial charge in [-0.25, -0.2) is 0 Å². The minimum absolute atomic E-state index is 0.802. The van der Waals surface area contributed by atoms with Gasteiger partial charge in [-0.05, 0) is 67.2 Å². The van der Waals surface area contributed by atoms with E-state index < -0.39 is 0 Å². The highest BCUT2D eigenvalue weighted by Gasteiger charge is 2.06. The molecule has 0 bridgehead atoms. The Hall–Kier alpha value is -0.830. The number of aryl methyl sites for hydroxylation is 1. The van der Waals surface area contributed by atoms with E-state index in [1.165, 1.54) is 21.6 Å². The molecular formula is C14H16ClNS. The molecule has 0 aliphatic carbocycles. The lowest BCUT2D eigenvalue weighted by Gasteiger charge is -2.03.